The van der Waals surface area contributed by atoms with Crippen molar-refractivity contribution in [3.63, 3.8) is 0 Å². The van der Waals surface area contributed by atoms with Gasteiger partial charge in [-0.1, -0.05) is 18.2 Å². The third-order valence-electron chi connectivity index (χ3n) is 6.77. The van der Waals surface area contributed by atoms with E-state index in [0.717, 1.165) is 51.0 Å². The number of carbonyl (C=O) groups excluding carboxylic acids is 1. The van der Waals surface area contributed by atoms with Crippen LogP contribution in [0.5, 0.6) is 5.75 Å². The van der Waals surface area contributed by atoms with Crippen LogP contribution < -0.4 is 10.1 Å². The molecule has 2 aromatic carbocycles. The number of nitrogens with one attached hydrogen (secondary N) is 1. The molecular formula is C26H32N2O3. The Kier molecular flexibility index (Phi) is 6.23. The molecule has 5 heteroatoms. The molecule has 0 saturated carbocycles. The molecule has 31 heavy (non-hydrogen) atoms. The molecule has 2 heterocycles. The van der Waals surface area contributed by atoms with Crippen LogP contribution in [-0.2, 0) is 24.1 Å². The quantitative estimate of drug-likeness (QED) is 0.742. The summed E-state index contributed by atoms with van der Waals surface area (Å²) >= 11 is 0. The molecule has 1 N–H and O–H groups in total. The van der Waals surface area contributed by atoms with Crippen molar-refractivity contribution in [2.75, 3.05) is 26.3 Å². The zero-order chi connectivity index (χ0) is 21.0. The number of aryl methyl sites for hydroxylation is 1. The van der Waals surface area contributed by atoms with Crippen molar-refractivity contribution in [2.45, 2.75) is 57.2 Å². The van der Waals surface area contributed by atoms with E-state index in [2.05, 4.69) is 28.4 Å². The second-order valence-electron chi connectivity index (χ2n) is 9.12. The average Bonchev–Trinajstić information content (AvgIpc) is 3.29. The molecule has 1 amide bonds. The Bertz CT molecular complexity index is 901. The van der Waals surface area contributed by atoms with E-state index in [0.29, 0.717) is 12.2 Å². The molecule has 1 unspecified atom stereocenters. The summed E-state index contributed by atoms with van der Waals surface area (Å²) in [6.07, 6.45) is 6.64. The van der Waals surface area contributed by atoms with Crippen LogP contribution in [0.25, 0.3) is 0 Å². The number of amides is 1. The Hall–Kier alpha value is -2.37. The number of hydrogen-bond acceptors (Lipinski definition) is 4. The maximum absolute atomic E-state index is 12.7. The van der Waals surface area contributed by atoms with E-state index in [9.17, 15) is 4.79 Å². The minimum Gasteiger partial charge on any atom is -0.491 e. The van der Waals surface area contributed by atoms with Crippen molar-refractivity contribution >= 4 is 5.91 Å². The van der Waals surface area contributed by atoms with Crippen LogP contribution in [0.15, 0.2) is 42.5 Å². The fourth-order valence-corrected chi connectivity index (χ4v) is 4.76. The monoisotopic (exact) mass is 420 g/mol. The average molecular weight is 421 g/mol. The Morgan fingerprint density at radius 3 is 2.68 bits per heavy atom. The second-order valence-corrected chi connectivity index (χ2v) is 9.12. The minimum absolute atomic E-state index is 0.00599. The molecule has 0 bridgehead atoms. The van der Waals surface area contributed by atoms with Crippen LogP contribution >= 0.6 is 0 Å². The number of nitrogens with zero attached hydrogens (tertiary/aromatic N) is 1. The molecule has 5 nitrogen and oxygen atoms in total. The zero-order valence-corrected chi connectivity index (χ0v) is 18.1. The number of carbonyl (C=O) groups is 1. The number of fused-ring (bicyclic) bond motifs is 1. The van der Waals surface area contributed by atoms with Gasteiger partial charge in [-0.3, -0.25) is 9.69 Å². The van der Waals surface area contributed by atoms with Gasteiger partial charge in [-0.25, -0.2) is 0 Å². The lowest BCUT2D eigenvalue weighted by atomic mass is 9.87. The molecule has 2 aliphatic heterocycles. The first-order chi connectivity index (χ1) is 15.2. The molecule has 5 rings (SSSR count). The minimum atomic E-state index is -0.00599. The highest BCUT2D eigenvalue weighted by Crippen LogP contribution is 2.25. The molecule has 0 aromatic heterocycles. The molecule has 2 fully saturated rings. The van der Waals surface area contributed by atoms with Gasteiger partial charge in [0.15, 0.2) is 0 Å². The molecule has 2 saturated heterocycles. The van der Waals surface area contributed by atoms with E-state index < -0.39 is 0 Å². The van der Waals surface area contributed by atoms with Gasteiger partial charge in [-0.2, -0.15) is 0 Å². The fourth-order valence-electron chi connectivity index (χ4n) is 4.76. The molecule has 2 aromatic rings. The third-order valence-corrected chi connectivity index (χ3v) is 6.77. The fraction of sp³-hybridized carbons (Fsp3) is 0.500. The van der Waals surface area contributed by atoms with E-state index in [1.54, 1.807) is 0 Å². The summed E-state index contributed by atoms with van der Waals surface area (Å²) in [7, 11) is 0. The SMILES string of the molecule is O=C(N[C@H]1CCc2cc(CN3CCC3)ccc2C1)c1ccc(OCC2CCCO2)cc1. The first-order valence-corrected chi connectivity index (χ1v) is 11.7. The van der Waals surface area contributed by atoms with Gasteiger partial charge in [0.05, 0.1) is 6.10 Å². The Labute approximate surface area is 184 Å². The summed E-state index contributed by atoms with van der Waals surface area (Å²) in [5.41, 5.74) is 4.93. The Balaban J connectivity index is 1.13. The predicted molar refractivity (Wildman–Crippen MR) is 121 cm³/mol. The lowest BCUT2D eigenvalue weighted by Gasteiger charge is -2.31. The van der Waals surface area contributed by atoms with Crippen LogP contribution in [0, 0.1) is 0 Å². The van der Waals surface area contributed by atoms with Crippen molar-refractivity contribution in [1.29, 1.82) is 0 Å². The highest BCUT2D eigenvalue weighted by Gasteiger charge is 2.22. The molecule has 1 aliphatic carbocycles. The lowest BCUT2D eigenvalue weighted by Crippen LogP contribution is -2.39. The van der Waals surface area contributed by atoms with Crippen LogP contribution in [-0.4, -0.2) is 49.3 Å². The predicted octanol–water partition coefficient (Wildman–Crippen LogP) is 3.74. The summed E-state index contributed by atoms with van der Waals surface area (Å²) in [6, 6.07) is 14.5. The van der Waals surface area contributed by atoms with E-state index in [1.807, 2.05) is 24.3 Å². The number of hydrogen-bond donors (Lipinski definition) is 1. The van der Waals surface area contributed by atoms with Crippen LogP contribution in [0.2, 0.25) is 0 Å². The lowest BCUT2D eigenvalue weighted by molar-refractivity contribution is 0.0679. The van der Waals surface area contributed by atoms with Crippen LogP contribution in [0.4, 0.5) is 0 Å². The Morgan fingerprint density at radius 2 is 1.94 bits per heavy atom. The number of rotatable bonds is 7. The molecule has 164 valence electrons. The number of benzene rings is 2. The van der Waals surface area contributed by atoms with Crippen molar-refractivity contribution < 1.29 is 14.3 Å². The van der Waals surface area contributed by atoms with E-state index in [4.69, 9.17) is 9.47 Å². The van der Waals surface area contributed by atoms with Crippen molar-refractivity contribution in [3.8, 4) is 5.75 Å². The van der Waals surface area contributed by atoms with E-state index in [-0.39, 0.29) is 18.1 Å². The summed E-state index contributed by atoms with van der Waals surface area (Å²) < 4.78 is 11.4. The molecular weight excluding hydrogens is 388 g/mol. The first-order valence-electron chi connectivity index (χ1n) is 11.7. The smallest absolute Gasteiger partial charge is 0.251 e. The van der Waals surface area contributed by atoms with Gasteiger partial charge in [0.25, 0.3) is 5.91 Å². The zero-order valence-electron chi connectivity index (χ0n) is 18.1. The summed E-state index contributed by atoms with van der Waals surface area (Å²) in [5.74, 6) is 0.779. The van der Waals surface area contributed by atoms with Gasteiger partial charge < -0.3 is 14.8 Å². The maximum atomic E-state index is 12.7. The van der Waals surface area contributed by atoms with Gasteiger partial charge in [0.2, 0.25) is 0 Å². The molecule has 2 atom stereocenters. The molecule has 3 aliphatic rings. The van der Waals surface area contributed by atoms with Gasteiger partial charge in [-0.05, 0) is 92.6 Å². The summed E-state index contributed by atoms with van der Waals surface area (Å²) in [5, 5.41) is 3.23. The van der Waals surface area contributed by atoms with Gasteiger partial charge >= 0.3 is 0 Å². The Morgan fingerprint density at radius 1 is 1.06 bits per heavy atom. The first kappa shape index (κ1) is 20.5. The van der Waals surface area contributed by atoms with E-state index in [1.165, 1.54) is 36.2 Å². The van der Waals surface area contributed by atoms with Gasteiger partial charge in [-0.15, -0.1) is 0 Å². The highest BCUT2D eigenvalue weighted by atomic mass is 16.5. The summed E-state index contributed by atoms with van der Waals surface area (Å²) in [6.45, 7) is 4.94. The molecule has 0 radical (unpaired) electrons. The second kappa shape index (κ2) is 9.41. The van der Waals surface area contributed by atoms with E-state index >= 15 is 0 Å². The van der Waals surface area contributed by atoms with Crippen molar-refractivity contribution in [1.82, 2.24) is 10.2 Å². The van der Waals surface area contributed by atoms with Crippen LogP contribution in [0.3, 0.4) is 0 Å². The number of likely N-dealkylation sites (tertiary alicyclic amines) is 1. The third kappa shape index (κ3) is 5.10. The number of ether oxygens (including phenoxy) is 2. The van der Waals surface area contributed by atoms with Crippen molar-refractivity contribution in [3.05, 3.63) is 64.7 Å². The topological polar surface area (TPSA) is 50.8 Å². The van der Waals surface area contributed by atoms with Gasteiger partial charge in [0, 0.05) is 24.8 Å². The normalized spacial score (nSPS) is 23.1. The summed E-state index contributed by atoms with van der Waals surface area (Å²) in [4.78, 5) is 15.2. The maximum Gasteiger partial charge on any atom is 0.251 e. The highest BCUT2D eigenvalue weighted by molar-refractivity contribution is 5.94. The van der Waals surface area contributed by atoms with Crippen molar-refractivity contribution in [2.24, 2.45) is 0 Å². The molecule has 0 spiro atoms. The van der Waals surface area contributed by atoms with Gasteiger partial charge in [0.1, 0.15) is 12.4 Å². The largest absolute Gasteiger partial charge is 0.491 e. The standard InChI is InChI=1S/C26H32N2O3/c29-26(20-7-10-24(11-8-20)31-18-25-3-1-14-30-25)27-23-9-6-21-15-19(4-5-22(21)16-23)17-28-12-2-13-28/h4-5,7-8,10-11,15,23,25H,1-3,6,9,12-14,16-18H2,(H,27,29)/t23-,25?/m0/s1. The van der Waals surface area contributed by atoms with Crippen LogP contribution in [0.1, 0.15) is 52.7 Å².